The van der Waals surface area contributed by atoms with E-state index in [-0.39, 0.29) is 6.04 Å². The topological polar surface area (TPSA) is 111 Å². The summed E-state index contributed by atoms with van der Waals surface area (Å²) in [4.78, 5) is 24.4. The maximum Gasteiger partial charge on any atom is 0.321 e. The summed E-state index contributed by atoms with van der Waals surface area (Å²) in [7, 11) is 1.57. The van der Waals surface area contributed by atoms with Crippen molar-refractivity contribution in [3.05, 3.63) is 23.8 Å². The molecule has 3 rings (SSSR count). The highest BCUT2D eigenvalue weighted by Gasteiger charge is 2.23. The second kappa shape index (κ2) is 9.05. The molecule has 2 aromatic rings. The molecule has 0 radical (unpaired) electrons. The molecular formula is C18H24N6O3S. The van der Waals surface area contributed by atoms with Gasteiger partial charge in [-0.2, -0.15) is 4.68 Å². The molecule has 0 aliphatic heterocycles. The summed E-state index contributed by atoms with van der Waals surface area (Å²) in [5.74, 6) is 0.221. The molecule has 1 aliphatic rings. The van der Waals surface area contributed by atoms with Gasteiger partial charge >= 0.3 is 6.03 Å². The molecule has 1 aliphatic carbocycles. The number of tetrazole rings is 1. The number of nitrogens with zero attached hydrogens (tertiary/aromatic N) is 4. The van der Waals surface area contributed by atoms with Crippen LogP contribution in [0, 0.1) is 6.92 Å². The van der Waals surface area contributed by atoms with E-state index in [9.17, 15) is 9.59 Å². The minimum Gasteiger partial charge on any atom is -0.494 e. The van der Waals surface area contributed by atoms with Crippen molar-refractivity contribution in [1.29, 1.82) is 0 Å². The van der Waals surface area contributed by atoms with Crippen molar-refractivity contribution in [1.82, 2.24) is 30.8 Å². The van der Waals surface area contributed by atoms with Crippen molar-refractivity contribution in [2.24, 2.45) is 0 Å². The van der Waals surface area contributed by atoms with Gasteiger partial charge in [0.25, 0.3) is 0 Å². The molecule has 1 aromatic carbocycles. The molecule has 3 amide bonds. The van der Waals surface area contributed by atoms with E-state index < -0.39 is 17.2 Å². The molecule has 1 atom stereocenters. The number of aromatic nitrogens is 4. The number of benzene rings is 1. The lowest BCUT2D eigenvalue weighted by molar-refractivity contribution is -0.119. The smallest absolute Gasteiger partial charge is 0.321 e. The third-order valence-electron chi connectivity index (χ3n) is 4.58. The Morgan fingerprint density at radius 2 is 2.07 bits per heavy atom. The predicted octanol–water partition coefficient (Wildman–Crippen LogP) is 2.23. The van der Waals surface area contributed by atoms with Gasteiger partial charge < -0.3 is 10.1 Å². The molecular weight excluding hydrogens is 380 g/mol. The summed E-state index contributed by atoms with van der Waals surface area (Å²) < 4.78 is 6.92. The van der Waals surface area contributed by atoms with Crippen molar-refractivity contribution in [2.45, 2.75) is 56.0 Å². The molecule has 0 bridgehead atoms. The first-order valence-electron chi connectivity index (χ1n) is 9.19. The van der Waals surface area contributed by atoms with Crippen LogP contribution in [0.2, 0.25) is 0 Å². The molecule has 28 heavy (non-hydrogen) atoms. The number of thioether (sulfide) groups is 1. The number of ether oxygens (including phenoxy) is 1. The SMILES string of the molecule is COc1ccc(C)cc1-n1nnnc1S[C@H](C)C(=O)NC(=O)NC1CCCC1. The fraction of sp³-hybridized carbons (Fsp3) is 0.500. The van der Waals surface area contributed by atoms with Crippen LogP contribution >= 0.6 is 11.8 Å². The largest absolute Gasteiger partial charge is 0.494 e. The van der Waals surface area contributed by atoms with Gasteiger partial charge in [-0.05, 0) is 54.8 Å². The predicted molar refractivity (Wildman–Crippen MR) is 105 cm³/mol. The van der Waals surface area contributed by atoms with Gasteiger partial charge in [0, 0.05) is 6.04 Å². The van der Waals surface area contributed by atoms with E-state index in [0.717, 1.165) is 31.2 Å². The lowest BCUT2D eigenvalue weighted by Gasteiger charge is -2.15. The molecule has 1 fully saturated rings. The van der Waals surface area contributed by atoms with Crippen LogP contribution in [0.3, 0.4) is 0 Å². The van der Waals surface area contributed by atoms with Crippen molar-refractivity contribution in [2.75, 3.05) is 7.11 Å². The number of nitrogens with one attached hydrogen (secondary N) is 2. The van der Waals surface area contributed by atoms with Crippen molar-refractivity contribution < 1.29 is 14.3 Å². The Balaban J connectivity index is 1.66. The Morgan fingerprint density at radius 3 is 2.79 bits per heavy atom. The van der Waals surface area contributed by atoms with Crippen LogP contribution in [0.5, 0.6) is 5.75 Å². The van der Waals surface area contributed by atoms with E-state index in [1.165, 1.54) is 16.4 Å². The summed E-state index contributed by atoms with van der Waals surface area (Å²) in [6, 6.07) is 5.36. The Hall–Kier alpha value is -2.62. The van der Waals surface area contributed by atoms with Gasteiger partial charge in [0.15, 0.2) is 0 Å². The quantitative estimate of drug-likeness (QED) is 0.710. The second-order valence-corrected chi connectivity index (χ2v) is 8.06. The number of aryl methyl sites for hydroxylation is 1. The molecule has 2 N–H and O–H groups in total. The van der Waals surface area contributed by atoms with Crippen LogP contribution in [-0.2, 0) is 4.79 Å². The molecule has 0 saturated heterocycles. The average Bonchev–Trinajstić information content (AvgIpc) is 3.33. The molecule has 1 saturated carbocycles. The first-order valence-corrected chi connectivity index (χ1v) is 10.1. The van der Waals surface area contributed by atoms with Crippen LogP contribution in [0.15, 0.2) is 23.4 Å². The van der Waals surface area contributed by atoms with E-state index in [1.54, 1.807) is 14.0 Å². The van der Waals surface area contributed by atoms with Crippen molar-refractivity contribution in [3.8, 4) is 11.4 Å². The maximum absolute atomic E-state index is 12.4. The summed E-state index contributed by atoms with van der Waals surface area (Å²) in [5.41, 5.74) is 1.71. The van der Waals surface area contributed by atoms with E-state index in [2.05, 4.69) is 26.2 Å². The zero-order valence-electron chi connectivity index (χ0n) is 16.1. The number of hydrogen-bond donors (Lipinski definition) is 2. The lowest BCUT2D eigenvalue weighted by atomic mass is 10.2. The number of hydrogen-bond acceptors (Lipinski definition) is 7. The van der Waals surface area contributed by atoms with Crippen molar-refractivity contribution in [3.63, 3.8) is 0 Å². The summed E-state index contributed by atoms with van der Waals surface area (Å²) in [6.45, 7) is 3.66. The van der Waals surface area contributed by atoms with Gasteiger partial charge in [0.05, 0.1) is 12.4 Å². The van der Waals surface area contributed by atoms with Gasteiger partial charge in [0.2, 0.25) is 11.1 Å². The van der Waals surface area contributed by atoms with E-state index in [0.29, 0.717) is 16.6 Å². The first kappa shape index (κ1) is 20.1. The minimum absolute atomic E-state index is 0.150. The second-order valence-electron chi connectivity index (χ2n) is 6.75. The monoisotopic (exact) mass is 404 g/mol. The molecule has 0 spiro atoms. The van der Waals surface area contributed by atoms with Gasteiger partial charge in [-0.3, -0.25) is 10.1 Å². The van der Waals surface area contributed by atoms with Crippen LogP contribution in [0.4, 0.5) is 4.79 Å². The molecule has 0 unspecified atom stereocenters. The van der Waals surface area contributed by atoms with E-state index >= 15 is 0 Å². The fourth-order valence-electron chi connectivity index (χ4n) is 3.09. The molecule has 1 aromatic heterocycles. The number of methoxy groups -OCH3 is 1. The normalized spacial score (nSPS) is 15.2. The molecule has 150 valence electrons. The highest BCUT2D eigenvalue weighted by Crippen LogP contribution is 2.28. The summed E-state index contributed by atoms with van der Waals surface area (Å²) >= 11 is 1.17. The zero-order chi connectivity index (χ0) is 20.1. The van der Waals surface area contributed by atoms with Crippen LogP contribution in [0.25, 0.3) is 5.69 Å². The highest BCUT2D eigenvalue weighted by atomic mass is 32.2. The third-order valence-corrected chi connectivity index (χ3v) is 5.62. The third kappa shape index (κ3) is 4.80. The molecule has 9 nitrogen and oxygen atoms in total. The first-order chi connectivity index (χ1) is 13.5. The Morgan fingerprint density at radius 1 is 1.32 bits per heavy atom. The standard InChI is InChI=1S/C18H24N6O3S/c1-11-8-9-15(27-3)14(10-11)24-18(21-22-23-24)28-12(2)16(25)20-17(26)19-13-6-4-5-7-13/h8-10,12-13H,4-7H2,1-3H3,(H2,19,20,25,26)/t12-/m1/s1. The maximum atomic E-state index is 12.4. The number of urea groups is 1. The Labute approximate surface area is 167 Å². The molecule has 1 heterocycles. The number of imide groups is 1. The minimum atomic E-state index is -0.560. The zero-order valence-corrected chi connectivity index (χ0v) is 17.0. The number of amides is 3. The average molecular weight is 404 g/mol. The highest BCUT2D eigenvalue weighted by molar-refractivity contribution is 8.00. The van der Waals surface area contributed by atoms with Crippen LogP contribution < -0.4 is 15.4 Å². The Bertz CT molecular complexity index is 850. The Kier molecular flexibility index (Phi) is 6.50. The number of carbonyl (C=O) groups is 2. The molecule has 10 heteroatoms. The number of rotatable bonds is 6. The van der Waals surface area contributed by atoms with Gasteiger partial charge in [-0.15, -0.1) is 5.10 Å². The fourth-order valence-corrected chi connectivity index (χ4v) is 3.89. The van der Waals surface area contributed by atoms with E-state index in [4.69, 9.17) is 4.74 Å². The lowest BCUT2D eigenvalue weighted by Crippen LogP contribution is -2.45. The van der Waals surface area contributed by atoms with E-state index in [1.807, 2.05) is 25.1 Å². The van der Waals surface area contributed by atoms with Gasteiger partial charge in [0.1, 0.15) is 11.4 Å². The summed E-state index contributed by atoms with van der Waals surface area (Å²) in [6.07, 6.45) is 4.13. The van der Waals surface area contributed by atoms with Crippen LogP contribution in [-0.4, -0.2) is 50.5 Å². The number of carbonyl (C=O) groups excluding carboxylic acids is 2. The van der Waals surface area contributed by atoms with Gasteiger partial charge in [-0.25, -0.2) is 4.79 Å². The van der Waals surface area contributed by atoms with Gasteiger partial charge in [-0.1, -0.05) is 30.7 Å². The van der Waals surface area contributed by atoms with Crippen LogP contribution in [0.1, 0.15) is 38.2 Å². The summed E-state index contributed by atoms with van der Waals surface area (Å²) in [5, 5.41) is 16.9. The van der Waals surface area contributed by atoms with Crippen molar-refractivity contribution >= 4 is 23.7 Å².